The Hall–Kier alpha value is -0.670. The average Bonchev–Trinajstić information content (AvgIpc) is 2.06. The van der Waals surface area contributed by atoms with E-state index in [1.807, 2.05) is 38.1 Å². The van der Waals surface area contributed by atoms with Crippen molar-refractivity contribution in [2.24, 2.45) is 0 Å². The third-order valence-electron chi connectivity index (χ3n) is 1.51. The molecule has 0 aliphatic carbocycles. The summed E-state index contributed by atoms with van der Waals surface area (Å²) in [5.41, 5.74) is 2.03. The average molecular weight is 183 g/mol. The van der Waals surface area contributed by atoms with Crippen molar-refractivity contribution < 1.29 is 5.21 Å². The molecular weight excluding hydrogens is 170 g/mol. The molecule has 0 aliphatic rings. The van der Waals surface area contributed by atoms with Crippen LogP contribution in [0, 0.1) is 6.92 Å². The van der Waals surface area contributed by atoms with Gasteiger partial charge < -0.3 is 0 Å². The zero-order chi connectivity index (χ0) is 8.97. The second-order valence-electron chi connectivity index (χ2n) is 2.53. The summed E-state index contributed by atoms with van der Waals surface area (Å²) in [6.45, 7) is 4.03. The van der Waals surface area contributed by atoms with Crippen LogP contribution in [-0.4, -0.2) is 11.0 Å². The van der Waals surface area contributed by atoms with Gasteiger partial charge in [-0.05, 0) is 31.0 Å². The molecule has 1 aromatic rings. The molecule has 0 radical (unpaired) electrons. The lowest BCUT2D eigenvalue weighted by atomic mass is 10.2. The first-order valence-electron chi connectivity index (χ1n) is 3.92. The van der Waals surface area contributed by atoms with Gasteiger partial charge in [-0.25, -0.2) is 0 Å². The molecule has 2 nitrogen and oxygen atoms in total. The minimum absolute atomic E-state index is 0.826. The maximum Gasteiger partial charge on any atom is 0.0764 e. The Kier molecular flexibility index (Phi) is 3.44. The van der Waals surface area contributed by atoms with Gasteiger partial charge >= 0.3 is 0 Å². The summed E-state index contributed by atoms with van der Waals surface area (Å²) in [5.74, 6) is 0.865. The van der Waals surface area contributed by atoms with Crippen LogP contribution in [0.3, 0.4) is 0 Å². The van der Waals surface area contributed by atoms with Gasteiger partial charge in [0.2, 0.25) is 0 Å². The molecule has 0 fully saturated rings. The van der Waals surface area contributed by atoms with Crippen LogP contribution in [0.1, 0.15) is 12.5 Å². The topological polar surface area (TPSA) is 23.5 Å². The van der Waals surface area contributed by atoms with Gasteiger partial charge in [0.05, 0.1) is 5.69 Å². The highest BCUT2D eigenvalue weighted by Gasteiger charge is 2.00. The second-order valence-corrected chi connectivity index (χ2v) is 3.71. The van der Waals surface area contributed by atoms with Gasteiger partial charge in [0.15, 0.2) is 0 Å². The Morgan fingerprint density at radius 3 is 2.42 bits per heavy atom. The van der Waals surface area contributed by atoms with Crippen LogP contribution < -0.4 is 4.47 Å². The molecule has 0 atom stereocenters. The van der Waals surface area contributed by atoms with E-state index in [1.165, 1.54) is 22.0 Å². The first kappa shape index (κ1) is 9.42. The summed E-state index contributed by atoms with van der Waals surface area (Å²) in [6.07, 6.45) is 0. The Balaban J connectivity index is 2.68. The van der Waals surface area contributed by atoms with E-state index in [0.717, 1.165) is 11.4 Å². The fraction of sp³-hybridized carbons (Fsp3) is 0.333. The second kappa shape index (κ2) is 4.38. The molecule has 0 saturated heterocycles. The first-order valence-corrected chi connectivity index (χ1v) is 4.87. The molecule has 12 heavy (non-hydrogen) atoms. The summed E-state index contributed by atoms with van der Waals surface area (Å²) in [4.78, 5) is 0. The van der Waals surface area contributed by atoms with E-state index in [2.05, 4.69) is 0 Å². The predicted octanol–water partition coefficient (Wildman–Crippen LogP) is 2.86. The smallest absolute Gasteiger partial charge is 0.0764 e. The largest absolute Gasteiger partial charge is 0.278 e. The number of hydrogen-bond acceptors (Lipinski definition) is 3. The van der Waals surface area contributed by atoms with Crippen molar-refractivity contribution in [2.75, 3.05) is 10.2 Å². The molecule has 1 rings (SSSR count). The van der Waals surface area contributed by atoms with E-state index in [0.29, 0.717) is 0 Å². The van der Waals surface area contributed by atoms with Crippen molar-refractivity contribution in [1.29, 1.82) is 0 Å². The highest BCUT2D eigenvalue weighted by Crippen LogP contribution is 2.19. The van der Waals surface area contributed by atoms with E-state index < -0.39 is 0 Å². The van der Waals surface area contributed by atoms with Crippen LogP contribution in [0.4, 0.5) is 5.69 Å². The molecular formula is C9H13NOS. The van der Waals surface area contributed by atoms with Crippen LogP contribution in [0.25, 0.3) is 0 Å². The minimum atomic E-state index is 0.826. The Morgan fingerprint density at radius 2 is 1.92 bits per heavy atom. The Labute approximate surface area is 77.3 Å². The van der Waals surface area contributed by atoms with Crippen LogP contribution in [0.2, 0.25) is 0 Å². The molecule has 1 N–H and O–H groups in total. The summed E-state index contributed by atoms with van der Waals surface area (Å²) in [5, 5.41) is 9.41. The lowest BCUT2D eigenvalue weighted by Gasteiger charge is -2.13. The van der Waals surface area contributed by atoms with Gasteiger partial charge in [-0.3, -0.25) is 5.21 Å². The van der Waals surface area contributed by atoms with Crippen molar-refractivity contribution in [3.05, 3.63) is 29.8 Å². The highest BCUT2D eigenvalue weighted by molar-refractivity contribution is 8.00. The molecule has 3 heteroatoms. The SMILES string of the molecule is CCSN(O)c1ccc(C)cc1. The minimum Gasteiger partial charge on any atom is -0.278 e. The third kappa shape index (κ3) is 2.43. The monoisotopic (exact) mass is 183 g/mol. The van der Waals surface area contributed by atoms with Crippen LogP contribution in [0.15, 0.2) is 24.3 Å². The summed E-state index contributed by atoms with van der Waals surface area (Å²) in [7, 11) is 0. The third-order valence-corrected chi connectivity index (χ3v) is 2.22. The predicted molar refractivity (Wildman–Crippen MR) is 53.6 cm³/mol. The van der Waals surface area contributed by atoms with Crippen molar-refractivity contribution in [1.82, 2.24) is 0 Å². The summed E-state index contributed by atoms with van der Waals surface area (Å²) >= 11 is 1.38. The lowest BCUT2D eigenvalue weighted by Crippen LogP contribution is -2.07. The van der Waals surface area contributed by atoms with Gasteiger partial charge in [-0.2, -0.15) is 4.47 Å². The molecule has 0 spiro atoms. The summed E-state index contributed by atoms with van der Waals surface area (Å²) < 4.78 is 1.19. The zero-order valence-electron chi connectivity index (χ0n) is 7.32. The van der Waals surface area contributed by atoms with Crippen molar-refractivity contribution in [2.45, 2.75) is 13.8 Å². The molecule has 0 aromatic heterocycles. The van der Waals surface area contributed by atoms with Gasteiger partial charge in [0.25, 0.3) is 0 Å². The number of aryl methyl sites for hydroxylation is 1. The molecule has 0 heterocycles. The van der Waals surface area contributed by atoms with E-state index in [-0.39, 0.29) is 0 Å². The van der Waals surface area contributed by atoms with Gasteiger partial charge in [-0.1, -0.05) is 24.6 Å². The molecule has 0 aliphatic heterocycles. The standard InChI is InChI=1S/C9H13NOS/c1-3-12-10(11)9-6-4-8(2)5-7-9/h4-7,11H,3H2,1-2H3. The van der Waals surface area contributed by atoms with Crippen LogP contribution in [-0.2, 0) is 0 Å². The quantitative estimate of drug-likeness (QED) is 0.575. The maximum absolute atomic E-state index is 9.41. The Bertz CT molecular complexity index is 235. The van der Waals surface area contributed by atoms with Crippen molar-refractivity contribution >= 4 is 17.6 Å². The molecule has 1 aromatic carbocycles. The van der Waals surface area contributed by atoms with Crippen LogP contribution >= 0.6 is 11.9 Å². The lowest BCUT2D eigenvalue weighted by molar-refractivity contribution is 0.332. The number of hydrogen-bond donors (Lipinski definition) is 1. The van der Waals surface area contributed by atoms with Gasteiger partial charge in [0.1, 0.15) is 0 Å². The Morgan fingerprint density at radius 1 is 1.33 bits per heavy atom. The number of nitrogens with zero attached hydrogens (tertiary/aromatic N) is 1. The molecule has 0 bridgehead atoms. The van der Waals surface area contributed by atoms with E-state index in [1.54, 1.807) is 0 Å². The van der Waals surface area contributed by atoms with Crippen molar-refractivity contribution in [3.63, 3.8) is 0 Å². The van der Waals surface area contributed by atoms with E-state index in [4.69, 9.17) is 0 Å². The van der Waals surface area contributed by atoms with Crippen LogP contribution in [0.5, 0.6) is 0 Å². The first-order chi connectivity index (χ1) is 5.74. The molecule has 0 unspecified atom stereocenters. The molecule has 0 saturated carbocycles. The van der Waals surface area contributed by atoms with E-state index in [9.17, 15) is 5.21 Å². The maximum atomic E-state index is 9.41. The number of anilines is 1. The fourth-order valence-electron chi connectivity index (χ4n) is 0.869. The van der Waals surface area contributed by atoms with Gasteiger partial charge in [-0.15, -0.1) is 0 Å². The number of benzene rings is 1. The molecule has 0 amide bonds. The molecule has 66 valence electrons. The number of rotatable bonds is 3. The fourth-order valence-corrected chi connectivity index (χ4v) is 1.38. The highest BCUT2D eigenvalue weighted by atomic mass is 32.2. The normalized spacial score (nSPS) is 9.92. The van der Waals surface area contributed by atoms with E-state index >= 15 is 0 Å². The van der Waals surface area contributed by atoms with Gasteiger partial charge in [0, 0.05) is 5.75 Å². The van der Waals surface area contributed by atoms with Crippen molar-refractivity contribution in [3.8, 4) is 0 Å². The zero-order valence-corrected chi connectivity index (χ0v) is 8.14. The summed E-state index contributed by atoms with van der Waals surface area (Å²) in [6, 6.07) is 7.76.